The fourth-order valence-corrected chi connectivity index (χ4v) is 5.28. The highest BCUT2D eigenvalue weighted by atomic mass is 32.2. The van der Waals surface area contributed by atoms with Gasteiger partial charge in [0.2, 0.25) is 10.0 Å². The molecule has 1 saturated heterocycles. The van der Waals surface area contributed by atoms with Gasteiger partial charge in [-0.3, -0.25) is 9.36 Å². The maximum atomic E-state index is 13.1. The molecule has 2 fully saturated rings. The largest absolute Gasteiger partial charge is 0.390 e. The van der Waals surface area contributed by atoms with Crippen molar-refractivity contribution in [3.8, 4) is 0 Å². The molecule has 2 heterocycles. The van der Waals surface area contributed by atoms with Crippen LogP contribution in [0, 0.1) is 5.92 Å². The summed E-state index contributed by atoms with van der Waals surface area (Å²) in [5, 5.41) is 10.5. The van der Waals surface area contributed by atoms with E-state index in [1.54, 1.807) is 0 Å². The van der Waals surface area contributed by atoms with E-state index in [0.717, 1.165) is 23.8 Å². The second-order valence-corrected chi connectivity index (χ2v) is 9.25. The zero-order chi connectivity index (χ0) is 18.7. The molecular formula is C17H21N3O5S. The van der Waals surface area contributed by atoms with Crippen molar-refractivity contribution in [1.82, 2.24) is 13.9 Å². The Balaban J connectivity index is 1.73. The first-order valence-electron chi connectivity index (χ1n) is 8.68. The lowest BCUT2D eigenvalue weighted by Gasteiger charge is -2.34. The van der Waals surface area contributed by atoms with Crippen molar-refractivity contribution < 1.29 is 13.5 Å². The Morgan fingerprint density at radius 3 is 2.69 bits per heavy atom. The van der Waals surface area contributed by atoms with E-state index in [0.29, 0.717) is 25.0 Å². The summed E-state index contributed by atoms with van der Waals surface area (Å²) >= 11 is 0. The Kier molecular flexibility index (Phi) is 3.87. The van der Waals surface area contributed by atoms with Crippen LogP contribution in [-0.4, -0.2) is 46.1 Å². The lowest BCUT2D eigenvalue weighted by Crippen LogP contribution is -2.44. The summed E-state index contributed by atoms with van der Waals surface area (Å²) in [4.78, 5) is 26.6. The number of H-pyrrole nitrogens is 1. The molecule has 1 aliphatic heterocycles. The van der Waals surface area contributed by atoms with Crippen LogP contribution in [0.25, 0.3) is 10.9 Å². The van der Waals surface area contributed by atoms with Crippen molar-refractivity contribution in [3.05, 3.63) is 39.0 Å². The fraction of sp³-hybridized carbons (Fsp3) is 0.529. The predicted octanol–water partition coefficient (Wildman–Crippen LogP) is 0.152. The number of aliphatic hydroxyl groups is 1. The summed E-state index contributed by atoms with van der Waals surface area (Å²) in [7, 11) is -2.44. The monoisotopic (exact) mass is 379 g/mol. The van der Waals surface area contributed by atoms with Gasteiger partial charge in [-0.2, -0.15) is 4.31 Å². The van der Waals surface area contributed by atoms with Crippen molar-refractivity contribution >= 4 is 20.9 Å². The van der Waals surface area contributed by atoms with Crippen molar-refractivity contribution in [3.63, 3.8) is 0 Å². The summed E-state index contributed by atoms with van der Waals surface area (Å²) in [6.45, 7) is 0.692. The highest BCUT2D eigenvalue weighted by molar-refractivity contribution is 7.89. The number of aromatic amines is 1. The van der Waals surface area contributed by atoms with Gasteiger partial charge in [0.05, 0.1) is 21.4 Å². The van der Waals surface area contributed by atoms with E-state index in [1.165, 1.54) is 29.6 Å². The van der Waals surface area contributed by atoms with Crippen LogP contribution in [0.4, 0.5) is 0 Å². The zero-order valence-electron chi connectivity index (χ0n) is 14.4. The van der Waals surface area contributed by atoms with Crippen LogP contribution < -0.4 is 11.2 Å². The van der Waals surface area contributed by atoms with Crippen LogP contribution in [0.5, 0.6) is 0 Å². The number of rotatable bonds is 3. The Hall–Kier alpha value is -1.97. The van der Waals surface area contributed by atoms with Crippen LogP contribution in [0.2, 0.25) is 0 Å². The average Bonchev–Trinajstić information content (AvgIpc) is 3.38. The minimum atomic E-state index is -3.78. The molecule has 8 nitrogen and oxygen atoms in total. The molecule has 1 unspecified atom stereocenters. The van der Waals surface area contributed by atoms with Crippen LogP contribution in [0.3, 0.4) is 0 Å². The van der Waals surface area contributed by atoms with Crippen LogP contribution >= 0.6 is 0 Å². The minimum absolute atomic E-state index is 0.0255. The van der Waals surface area contributed by atoms with Crippen molar-refractivity contribution in [2.24, 2.45) is 13.0 Å². The second-order valence-electron chi connectivity index (χ2n) is 7.31. The first-order valence-corrected chi connectivity index (χ1v) is 10.1. The predicted molar refractivity (Wildman–Crippen MR) is 95.5 cm³/mol. The molecule has 0 amide bonds. The molecule has 1 aromatic heterocycles. The molecule has 0 bridgehead atoms. The molecule has 1 atom stereocenters. The van der Waals surface area contributed by atoms with E-state index in [4.69, 9.17) is 0 Å². The van der Waals surface area contributed by atoms with Crippen molar-refractivity contribution in [2.75, 3.05) is 13.1 Å². The third kappa shape index (κ3) is 2.70. The third-order valence-electron chi connectivity index (χ3n) is 5.62. The highest BCUT2D eigenvalue weighted by Gasteiger charge is 2.49. The number of sulfonamides is 1. The first-order chi connectivity index (χ1) is 12.2. The number of nitrogens with one attached hydrogen (secondary N) is 1. The third-order valence-corrected chi connectivity index (χ3v) is 7.48. The van der Waals surface area contributed by atoms with Gasteiger partial charge in [-0.1, -0.05) is 0 Å². The standard InChI is InChI=1S/C17H21N3O5S/c1-19-15(21)13-9-12(4-5-14(13)18-16(19)22)26(24,25)20-8-2-3-11(10-20)17(23)6-7-17/h4-5,9,11,23H,2-3,6-8,10H2,1H3,(H,18,22). The topological polar surface area (TPSA) is 112 Å². The molecule has 1 aromatic carbocycles. The Labute approximate surface area is 150 Å². The van der Waals surface area contributed by atoms with Crippen molar-refractivity contribution in [2.45, 2.75) is 36.2 Å². The SMILES string of the molecule is Cn1c(=O)[nH]c2ccc(S(=O)(=O)N3CCCC(C4(O)CC4)C3)cc2c1=O. The molecule has 1 aliphatic carbocycles. The molecule has 26 heavy (non-hydrogen) atoms. The molecule has 0 radical (unpaired) electrons. The smallest absolute Gasteiger partial charge is 0.328 e. The number of benzene rings is 1. The number of fused-ring (bicyclic) bond motifs is 1. The van der Waals surface area contributed by atoms with Gasteiger partial charge in [0, 0.05) is 26.1 Å². The zero-order valence-corrected chi connectivity index (χ0v) is 15.3. The normalized spacial score (nSPS) is 23.2. The van der Waals surface area contributed by atoms with E-state index in [9.17, 15) is 23.1 Å². The maximum absolute atomic E-state index is 13.1. The maximum Gasteiger partial charge on any atom is 0.328 e. The van der Waals surface area contributed by atoms with Gasteiger partial charge in [0.1, 0.15) is 0 Å². The molecule has 140 valence electrons. The summed E-state index contributed by atoms with van der Waals surface area (Å²) in [5.74, 6) is -0.0456. The Bertz CT molecular complexity index is 1100. The summed E-state index contributed by atoms with van der Waals surface area (Å²) in [5.41, 5.74) is -1.49. The molecule has 9 heteroatoms. The molecule has 2 N–H and O–H groups in total. The molecule has 2 aromatic rings. The number of piperidine rings is 1. The van der Waals surface area contributed by atoms with E-state index < -0.39 is 26.9 Å². The second kappa shape index (κ2) is 5.77. The van der Waals surface area contributed by atoms with Gasteiger partial charge in [0.25, 0.3) is 5.56 Å². The fourth-order valence-electron chi connectivity index (χ4n) is 3.73. The van der Waals surface area contributed by atoms with Crippen LogP contribution in [0.15, 0.2) is 32.7 Å². The van der Waals surface area contributed by atoms with Gasteiger partial charge >= 0.3 is 5.69 Å². The first kappa shape index (κ1) is 17.4. The Morgan fingerprint density at radius 2 is 2.00 bits per heavy atom. The summed E-state index contributed by atoms with van der Waals surface area (Å²) < 4.78 is 28.4. The number of hydrogen-bond donors (Lipinski definition) is 2. The van der Waals surface area contributed by atoms with Gasteiger partial charge in [-0.05, 0) is 43.9 Å². The quantitative estimate of drug-likeness (QED) is 0.788. The number of aromatic nitrogens is 2. The van der Waals surface area contributed by atoms with E-state index in [2.05, 4.69) is 4.98 Å². The summed E-state index contributed by atoms with van der Waals surface area (Å²) in [6.07, 6.45) is 2.98. The average molecular weight is 379 g/mol. The lowest BCUT2D eigenvalue weighted by molar-refractivity contribution is 0.0514. The molecule has 0 spiro atoms. The van der Waals surface area contributed by atoms with Gasteiger partial charge in [0.15, 0.2) is 0 Å². The number of hydrogen-bond acceptors (Lipinski definition) is 5. The summed E-state index contributed by atoms with van der Waals surface area (Å²) in [6, 6.07) is 4.17. The number of nitrogens with zero attached hydrogens (tertiary/aromatic N) is 2. The molecular weight excluding hydrogens is 358 g/mol. The van der Waals surface area contributed by atoms with E-state index in [1.807, 2.05) is 0 Å². The van der Waals surface area contributed by atoms with Gasteiger partial charge in [-0.25, -0.2) is 13.2 Å². The highest BCUT2D eigenvalue weighted by Crippen LogP contribution is 2.46. The minimum Gasteiger partial charge on any atom is -0.390 e. The van der Waals surface area contributed by atoms with Crippen LogP contribution in [-0.2, 0) is 17.1 Å². The lowest BCUT2D eigenvalue weighted by atomic mass is 9.92. The van der Waals surface area contributed by atoms with E-state index in [-0.39, 0.29) is 16.2 Å². The molecule has 1 saturated carbocycles. The van der Waals surface area contributed by atoms with Gasteiger partial charge < -0.3 is 10.1 Å². The molecule has 4 rings (SSSR count). The van der Waals surface area contributed by atoms with E-state index >= 15 is 0 Å². The van der Waals surface area contributed by atoms with Crippen molar-refractivity contribution in [1.29, 1.82) is 0 Å². The van der Waals surface area contributed by atoms with Gasteiger partial charge in [-0.15, -0.1) is 0 Å². The van der Waals surface area contributed by atoms with Crippen LogP contribution in [0.1, 0.15) is 25.7 Å². The Morgan fingerprint density at radius 1 is 1.27 bits per heavy atom. The molecule has 2 aliphatic rings.